The first kappa shape index (κ1) is 15.7. The largest absolute Gasteiger partial charge is 0.335 e. The van der Waals surface area contributed by atoms with Crippen LogP contribution in [0.4, 0.5) is 4.79 Å². The third-order valence-electron chi connectivity index (χ3n) is 3.38. The molecule has 0 radical (unpaired) electrons. The van der Waals surface area contributed by atoms with E-state index < -0.39 is 0 Å². The first-order valence-electron chi connectivity index (χ1n) is 7.10. The van der Waals surface area contributed by atoms with Crippen molar-refractivity contribution in [2.24, 2.45) is 4.99 Å². The molecule has 0 saturated heterocycles. The van der Waals surface area contributed by atoms with Gasteiger partial charge in [0.15, 0.2) is 0 Å². The molecule has 2 aliphatic rings. The van der Waals surface area contributed by atoms with Crippen molar-refractivity contribution in [3.05, 3.63) is 0 Å². The highest BCUT2D eigenvalue weighted by atomic mass is 32.2. The topological polar surface area (TPSA) is 70.6 Å². The van der Waals surface area contributed by atoms with Crippen molar-refractivity contribution in [2.75, 3.05) is 12.3 Å². The van der Waals surface area contributed by atoms with Crippen molar-refractivity contribution in [1.29, 1.82) is 0 Å². The molecule has 0 bridgehead atoms. The summed E-state index contributed by atoms with van der Waals surface area (Å²) in [5.41, 5.74) is 0. The average Bonchev–Trinajstić information content (AvgIpc) is 2.92. The maximum Gasteiger partial charge on any atom is 0.321 e. The second-order valence-electron chi connectivity index (χ2n) is 5.05. The lowest BCUT2D eigenvalue weighted by molar-refractivity contribution is -0.119. The zero-order chi connectivity index (χ0) is 14.4. The van der Waals surface area contributed by atoms with Crippen LogP contribution in [0.15, 0.2) is 4.99 Å². The number of nitrogens with one attached hydrogen (secondary N) is 2. The van der Waals surface area contributed by atoms with Crippen LogP contribution in [0.3, 0.4) is 0 Å². The predicted octanol–water partition coefficient (Wildman–Crippen LogP) is 2.37. The van der Waals surface area contributed by atoms with Crippen LogP contribution in [0.1, 0.15) is 39.0 Å². The van der Waals surface area contributed by atoms with Gasteiger partial charge in [0.25, 0.3) is 0 Å². The minimum absolute atomic E-state index is 0.217. The summed E-state index contributed by atoms with van der Waals surface area (Å²) in [5.74, 6) is 0.734. The van der Waals surface area contributed by atoms with Gasteiger partial charge in [-0.2, -0.15) is 0 Å². The fourth-order valence-corrected chi connectivity index (χ4v) is 4.40. The van der Waals surface area contributed by atoms with Gasteiger partial charge in [0.05, 0.1) is 11.8 Å². The molecule has 0 unspecified atom stereocenters. The number of hydrogen-bond acceptors (Lipinski definition) is 5. The zero-order valence-corrected chi connectivity index (χ0v) is 13.3. The van der Waals surface area contributed by atoms with E-state index in [9.17, 15) is 9.59 Å². The fourth-order valence-electron chi connectivity index (χ4n) is 2.27. The summed E-state index contributed by atoms with van der Waals surface area (Å²) in [4.78, 5) is 28.0. The lowest BCUT2D eigenvalue weighted by atomic mass is 9.96. The molecule has 1 saturated carbocycles. The standard InChI is InChI=1S/C13H21N3O2S2/c1-9(20-13-14-7-8-19-13)11(17)16-12(18)15-10-5-3-2-4-6-10/h9-10H,2-8H2,1H3,(H2,15,16,17,18)/t9-/m0/s1. The van der Waals surface area contributed by atoms with E-state index in [4.69, 9.17) is 0 Å². The molecule has 2 N–H and O–H groups in total. The molecule has 0 spiro atoms. The number of imide groups is 1. The molecule has 7 heteroatoms. The smallest absolute Gasteiger partial charge is 0.321 e. The minimum atomic E-state index is -0.365. The minimum Gasteiger partial charge on any atom is -0.335 e. The molecule has 1 atom stereocenters. The van der Waals surface area contributed by atoms with E-state index in [1.54, 1.807) is 18.7 Å². The molecule has 5 nitrogen and oxygen atoms in total. The second kappa shape index (κ2) is 7.93. The van der Waals surface area contributed by atoms with Gasteiger partial charge in [-0.25, -0.2) is 4.79 Å². The van der Waals surface area contributed by atoms with Gasteiger partial charge >= 0.3 is 6.03 Å². The normalized spacial score (nSPS) is 21.1. The Labute approximate surface area is 128 Å². The number of nitrogens with zero attached hydrogens (tertiary/aromatic N) is 1. The number of carbonyl (C=O) groups is 2. The number of rotatable bonds is 3. The van der Waals surface area contributed by atoms with Crippen molar-refractivity contribution in [3.8, 4) is 0 Å². The molecule has 0 aromatic heterocycles. The number of hydrogen-bond donors (Lipinski definition) is 2. The number of carbonyl (C=O) groups excluding carboxylic acids is 2. The predicted molar refractivity (Wildman–Crippen MR) is 85.4 cm³/mol. The molecule has 0 aromatic rings. The summed E-state index contributed by atoms with van der Waals surface area (Å²) in [6, 6.07) is -0.148. The Kier molecular flexibility index (Phi) is 6.22. The monoisotopic (exact) mass is 315 g/mol. The SMILES string of the molecule is C[C@H](SC1=NCCS1)C(=O)NC(=O)NC1CCCCC1. The van der Waals surface area contributed by atoms with Crippen molar-refractivity contribution in [2.45, 2.75) is 50.3 Å². The van der Waals surface area contributed by atoms with Gasteiger partial charge < -0.3 is 5.32 Å². The molecule has 0 aromatic carbocycles. The Hall–Kier alpha value is -0.690. The van der Waals surface area contributed by atoms with Gasteiger partial charge in [0, 0.05) is 11.8 Å². The highest BCUT2D eigenvalue weighted by Crippen LogP contribution is 2.25. The number of amides is 3. The summed E-state index contributed by atoms with van der Waals surface area (Å²) in [6.07, 6.45) is 5.58. The first-order chi connectivity index (χ1) is 9.65. The van der Waals surface area contributed by atoms with E-state index in [2.05, 4.69) is 15.6 Å². The highest BCUT2D eigenvalue weighted by Gasteiger charge is 2.22. The molecular formula is C13H21N3O2S2. The van der Waals surface area contributed by atoms with E-state index in [-0.39, 0.29) is 23.2 Å². The molecule has 1 aliphatic carbocycles. The highest BCUT2D eigenvalue weighted by molar-refractivity contribution is 8.39. The van der Waals surface area contributed by atoms with Crippen LogP contribution in [-0.4, -0.2) is 39.9 Å². The lowest BCUT2D eigenvalue weighted by Crippen LogP contribution is -2.47. The Morgan fingerprint density at radius 1 is 1.35 bits per heavy atom. The number of thioether (sulfide) groups is 2. The molecule has 1 heterocycles. The summed E-state index contributed by atoms with van der Waals surface area (Å²) >= 11 is 3.09. The molecule has 20 heavy (non-hydrogen) atoms. The summed E-state index contributed by atoms with van der Waals surface area (Å²) < 4.78 is 0.945. The Bertz CT molecular complexity index is 395. The average molecular weight is 315 g/mol. The van der Waals surface area contributed by atoms with Gasteiger partial charge in [-0.1, -0.05) is 42.8 Å². The van der Waals surface area contributed by atoms with Gasteiger partial charge in [0.2, 0.25) is 5.91 Å². The van der Waals surface area contributed by atoms with Gasteiger partial charge in [-0.05, 0) is 19.8 Å². The van der Waals surface area contributed by atoms with Crippen molar-refractivity contribution >= 4 is 39.8 Å². The van der Waals surface area contributed by atoms with Gasteiger partial charge in [-0.3, -0.25) is 15.1 Å². The van der Waals surface area contributed by atoms with Crippen molar-refractivity contribution in [3.63, 3.8) is 0 Å². The van der Waals surface area contributed by atoms with Gasteiger partial charge in [0.1, 0.15) is 4.38 Å². The van der Waals surface area contributed by atoms with Gasteiger partial charge in [-0.15, -0.1) is 0 Å². The molecule has 2 rings (SSSR count). The lowest BCUT2D eigenvalue weighted by Gasteiger charge is -2.23. The summed E-state index contributed by atoms with van der Waals surface area (Å²) in [7, 11) is 0. The van der Waals surface area contributed by atoms with E-state index >= 15 is 0 Å². The first-order valence-corrected chi connectivity index (χ1v) is 8.97. The zero-order valence-electron chi connectivity index (χ0n) is 11.7. The third kappa shape index (κ3) is 5.01. The molecule has 1 aliphatic heterocycles. The Morgan fingerprint density at radius 2 is 2.10 bits per heavy atom. The Balaban J connectivity index is 1.70. The van der Waals surface area contributed by atoms with E-state index in [1.165, 1.54) is 18.2 Å². The van der Waals surface area contributed by atoms with Crippen molar-refractivity contribution < 1.29 is 9.59 Å². The van der Waals surface area contributed by atoms with E-state index in [0.717, 1.165) is 42.4 Å². The van der Waals surface area contributed by atoms with E-state index in [1.807, 2.05) is 0 Å². The van der Waals surface area contributed by atoms with Crippen LogP contribution in [0.2, 0.25) is 0 Å². The maximum absolute atomic E-state index is 11.9. The fraction of sp³-hybridized carbons (Fsp3) is 0.769. The second-order valence-corrected chi connectivity index (χ2v) is 7.73. The molecular weight excluding hydrogens is 294 g/mol. The maximum atomic E-state index is 11.9. The third-order valence-corrected chi connectivity index (χ3v) is 5.69. The van der Waals surface area contributed by atoms with Crippen LogP contribution < -0.4 is 10.6 Å². The summed E-state index contributed by atoms with van der Waals surface area (Å²) in [6.45, 7) is 2.62. The van der Waals surface area contributed by atoms with Crippen LogP contribution in [-0.2, 0) is 4.79 Å². The number of urea groups is 1. The number of aliphatic imine (C=N–C) groups is 1. The van der Waals surface area contributed by atoms with Crippen LogP contribution in [0.25, 0.3) is 0 Å². The molecule has 112 valence electrons. The van der Waals surface area contributed by atoms with Crippen molar-refractivity contribution in [1.82, 2.24) is 10.6 Å². The summed E-state index contributed by atoms with van der Waals surface area (Å²) in [5, 5.41) is 5.01. The van der Waals surface area contributed by atoms with Crippen LogP contribution in [0.5, 0.6) is 0 Å². The van der Waals surface area contributed by atoms with Crippen LogP contribution >= 0.6 is 23.5 Å². The van der Waals surface area contributed by atoms with E-state index in [0.29, 0.717) is 0 Å². The quantitative estimate of drug-likeness (QED) is 0.839. The van der Waals surface area contributed by atoms with Crippen LogP contribution in [0, 0.1) is 0 Å². The Morgan fingerprint density at radius 3 is 2.75 bits per heavy atom. The molecule has 3 amide bonds. The molecule has 1 fully saturated rings.